The van der Waals surface area contributed by atoms with Gasteiger partial charge in [0.2, 0.25) is 6.29 Å². The summed E-state index contributed by atoms with van der Waals surface area (Å²) in [6.45, 7) is 13.3. The highest BCUT2D eigenvalue weighted by Crippen LogP contribution is 2.48. The number of aliphatic hydroxyl groups is 8. The number of hydrogen-bond donors (Lipinski definition) is 10. The van der Waals surface area contributed by atoms with Crippen LogP contribution < -0.4 is 4.74 Å². The minimum absolute atomic E-state index is 0.0468. The molecule has 0 aromatic heterocycles. The molecule has 444 valence electrons. The fourth-order valence-corrected chi connectivity index (χ4v) is 11.7. The minimum atomic E-state index is -1.94. The van der Waals surface area contributed by atoms with Crippen molar-refractivity contribution in [2.75, 3.05) is 7.11 Å². The maximum absolute atomic E-state index is 15.1. The van der Waals surface area contributed by atoms with Crippen LogP contribution in [0.15, 0.2) is 12.1 Å². The zero-order valence-electron chi connectivity index (χ0n) is 45.8. The smallest absolute Gasteiger partial charge is 0.302 e. The Hall–Kier alpha value is -3.81. The van der Waals surface area contributed by atoms with Crippen LogP contribution in [-0.4, -0.2) is 223 Å². The Morgan fingerprint density at radius 1 is 0.696 bits per heavy atom. The van der Waals surface area contributed by atoms with Gasteiger partial charge in [-0.3, -0.25) is 14.4 Å². The minimum Gasteiger partial charge on any atom is -0.507 e. The van der Waals surface area contributed by atoms with Gasteiger partial charge in [-0.15, -0.1) is 0 Å². The average molecular weight is 1130 g/mol. The Bertz CT molecular complexity index is 2480. The standard InChI is InChI=1S/C54H78O25/c1-19-31(75-36-15-32(44(59)21(3)71-36)76-35-14-30(56)43(58)20(2)70-35)13-28-11-27-12-29(51(68-10)50(65)47(62)24(6)69-26(8)55)52(49(64)41(27)48(63)40(28)42(19)57)79-38-17-33(45(60)23(5)73-38)77-37-16-34(46(61)22(4)72-37)78-39-18-54(9,67)53(66)25(7)74-39/h11,13,20-25,29-30,32-39,43-47,51-53,56-63,66-67H,12,14-18H2,1-10H3/t20?,21?,22?,23?,24-,25?,29+,30-,32-,33-,34-,35+,36+,37+,38+,39+,43-,44-,45-,46+,47+,51+,52+,53-,54+/m1/s1. The zero-order chi connectivity index (χ0) is 57.8. The van der Waals surface area contributed by atoms with Gasteiger partial charge in [-0.05, 0) is 84.9 Å². The second kappa shape index (κ2) is 24.6. The number of carbonyl (C=O) groups is 3. The van der Waals surface area contributed by atoms with Gasteiger partial charge in [0.25, 0.3) is 0 Å². The third-order valence-electron chi connectivity index (χ3n) is 16.2. The predicted octanol–water partition coefficient (Wildman–Crippen LogP) is 0.322. The number of rotatable bonds is 16. The van der Waals surface area contributed by atoms with Gasteiger partial charge in [0.1, 0.15) is 66.1 Å². The van der Waals surface area contributed by atoms with Crippen LogP contribution in [0.3, 0.4) is 0 Å². The van der Waals surface area contributed by atoms with Crippen molar-refractivity contribution in [1.29, 1.82) is 0 Å². The van der Waals surface area contributed by atoms with E-state index in [1.54, 1.807) is 27.7 Å². The lowest BCUT2D eigenvalue weighted by molar-refractivity contribution is -0.334. The molecule has 10 N–H and O–H groups in total. The van der Waals surface area contributed by atoms with Crippen molar-refractivity contribution in [2.24, 2.45) is 5.92 Å². The van der Waals surface area contributed by atoms with E-state index in [2.05, 4.69) is 0 Å². The number of hydrogen-bond acceptors (Lipinski definition) is 25. The van der Waals surface area contributed by atoms with Crippen molar-refractivity contribution in [2.45, 2.75) is 248 Å². The summed E-state index contributed by atoms with van der Waals surface area (Å²) < 4.78 is 71.9. The molecule has 25 nitrogen and oxygen atoms in total. The number of phenols is 2. The summed E-state index contributed by atoms with van der Waals surface area (Å²) in [7, 11) is 1.18. The number of carbonyl (C=O) groups excluding carboxylic acids is 3. The van der Waals surface area contributed by atoms with Gasteiger partial charge in [-0.1, -0.05) is 0 Å². The van der Waals surface area contributed by atoms with Crippen molar-refractivity contribution in [3.63, 3.8) is 0 Å². The van der Waals surface area contributed by atoms with Gasteiger partial charge < -0.3 is 108 Å². The molecule has 5 unspecified atom stereocenters. The summed E-state index contributed by atoms with van der Waals surface area (Å²) in [5.41, 5.74) is -1.53. The summed E-state index contributed by atoms with van der Waals surface area (Å²) in [4.78, 5) is 41.3. The zero-order valence-corrected chi connectivity index (χ0v) is 45.8. The lowest BCUT2D eigenvalue weighted by Gasteiger charge is -2.46. The molecule has 25 heteroatoms. The first-order valence-corrected chi connectivity index (χ1v) is 26.9. The van der Waals surface area contributed by atoms with E-state index in [1.165, 1.54) is 46.9 Å². The van der Waals surface area contributed by atoms with Gasteiger partial charge in [-0.2, -0.15) is 0 Å². The van der Waals surface area contributed by atoms with E-state index in [-0.39, 0.29) is 71.7 Å². The molecule has 0 amide bonds. The SMILES string of the molecule is CO[C@H](C(=O)[C@@H](O)[C@@H](C)OC(C)=O)[C@@H]1Cc2cc3cc(O[C@H]4C[C@@H](O[C@H]5C[C@@H](O)[C@H](O)C(C)O5)[C@H](O)C(C)O4)c(C)c(O)c3c(O)c2C(=O)[C@H]1O[C@H]1C[C@@H](O[C@H]2C[C@@H](O[C@H]3C[C@](C)(O)[C@H](O)C(C)O3)[C@@H](O)C(C)O2)[C@H](O)C(C)O1. The molecule has 5 saturated heterocycles. The largest absolute Gasteiger partial charge is 0.507 e. The molecule has 79 heavy (non-hydrogen) atoms. The van der Waals surface area contributed by atoms with Gasteiger partial charge >= 0.3 is 5.97 Å². The normalized spacial score (nSPS) is 41.2. The molecular formula is C54H78O25. The second-order valence-electron chi connectivity index (χ2n) is 22.3. The Labute approximate surface area is 456 Å². The second-order valence-corrected chi connectivity index (χ2v) is 22.3. The van der Waals surface area contributed by atoms with Crippen LogP contribution in [0.5, 0.6) is 17.2 Å². The Kier molecular flexibility index (Phi) is 19.1. The molecule has 8 rings (SSSR count). The highest BCUT2D eigenvalue weighted by Gasteiger charge is 2.52. The summed E-state index contributed by atoms with van der Waals surface area (Å²) in [6, 6.07) is 3.02. The first kappa shape index (κ1) is 61.3. The topological polar surface area (TPSA) is 364 Å². The highest BCUT2D eigenvalue weighted by atomic mass is 16.7. The first-order valence-electron chi connectivity index (χ1n) is 26.9. The molecule has 0 saturated carbocycles. The molecule has 0 spiro atoms. The Balaban J connectivity index is 1.06. The quantitative estimate of drug-likeness (QED) is 0.101. The predicted molar refractivity (Wildman–Crippen MR) is 268 cm³/mol. The van der Waals surface area contributed by atoms with Crippen molar-refractivity contribution in [3.05, 3.63) is 28.8 Å². The number of Topliss-reactive ketones (excluding diaryl/α,β-unsaturated/α-hetero) is 2. The van der Waals surface area contributed by atoms with E-state index in [1.807, 2.05) is 0 Å². The molecular weight excluding hydrogens is 1050 g/mol. The van der Waals surface area contributed by atoms with Crippen molar-refractivity contribution < 1.29 is 122 Å². The van der Waals surface area contributed by atoms with Crippen LogP contribution in [-0.2, 0) is 68.1 Å². The van der Waals surface area contributed by atoms with E-state index < -0.39 is 182 Å². The van der Waals surface area contributed by atoms with Crippen LogP contribution >= 0.6 is 0 Å². The van der Waals surface area contributed by atoms with Crippen LogP contribution in [0.4, 0.5) is 0 Å². The number of ether oxygens (including phenoxy) is 12. The summed E-state index contributed by atoms with van der Waals surface area (Å²) in [6.07, 6.45) is -27.2. The summed E-state index contributed by atoms with van der Waals surface area (Å²) >= 11 is 0. The number of ketones is 2. The molecule has 5 heterocycles. The van der Waals surface area contributed by atoms with Crippen molar-refractivity contribution >= 4 is 28.3 Å². The lowest BCUT2D eigenvalue weighted by Crippen LogP contribution is -2.58. The van der Waals surface area contributed by atoms with Gasteiger partial charge in [0.05, 0.1) is 71.5 Å². The third kappa shape index (κ3) is 12.9. The van der Waals surface area contributed by atoms with Crippen LogP contribution in [0.1, 0.15) is 109 Å². The maximum atomic E-state index is 15.1. The van der Waals surface area contributed by atoms with E-state index in [0.717, 1.165) is 6.92 Å². The summed E-state index contributed by atoms with van der Waals surface area (Å²) in [5.74, 6) is -4.94. The molecule has 5 fully saturated rings. The lowest BCUT2D eigenvalue weighted by atomic mass is 9.75. The summed E-state index contributed by atoms with van der Waals surface area (Å²) in [5, 5.41) is 111. The Morgan fingerprint density at radius 2 is 1.19 bits per heavy atom. The maximum Gasteiger partial charge on any atom is 0.302 e. The number of aromatic hydroxyl groups is 2. The third-order valence-corrected chi connectivity index (χ3v) is 16.2. The van der Waals surface area contributed by atoms with Crippen LogP contribution in [0.2, 0.25) is 0 Å². The van der Waals surface area contributed by atoms with Crippen molar-refractivity contribution in [3.8, 4) is 17.2 Å². The number of methoxy groups -OCH3 is 1. The molecule has 5 aliphatic heterocycles. The molecule has 2 aromatic rings. The molecule has 1 aliphatic carbocycles. The van der Waals surface area contributed by atoms with E-state index >= 15 is 4.79 Å². The monoisotopic (exact) mass is 1130 g/mol. The number of esters is 1. The van der Waals surface area contributed by atoms with Gasteiger partial charge in [-0.25, -0.2) is 0 Å². The molecule has 6 aliphatic rings. The Morgan fingerprint density at radius 3 is 1.72 bits per heavy atom. The van der Waals surface area contributed by atoms with Crippen molar-refractivity contribution in [1.82, 2.24) is 0 Å². The fraction of sp³-hybridized carbons (Fsp3) is 0.759. The molecule has 0 bridgehead atoms. The number of phenolic OH excluding ortho intramolecular Hbond substituents is 2. The average Bonchev–Trinajstić information content (AvgIpc) is 3.57. The first-order chi connectivity index (χ1) is 37.1. The highest BCUT2D eigenvalue weighted by molar-refractivity contribution is 6.11. The number of benzene rings is 2. The molecule has 0 radical (unpaired) electrons. The molecule has 25 atom stereocenters. The van der Waals surface area contributed by atoms with Gasteiger partial charge in [0.15, 0.2) is 42.8 Å². The molecule has 2 aromatic carbocycles. The number of fused-ring (bicyclic) bond motifs is 2. The number of aliphatic hydroxyl groups excluding tert-OH is 7. The van der Waals surface area contributed by atoms with E-state index in [9.17, 15) is 60.7 Å². The van der Waals surface area contributed by atoms with E-state index in [0.29, 0.717) is 0 Å². The fourth-order valence-electron chi connectivity index (χ4n) is 11.7. The van der Waals surface area contributed by atoms with Crippen LogP contribution in [0.25, 0.3) is 10.8 Å². The van der Waals surface area contributed by atoms with Gasteiger partial charge in [0, 0.05) is 57.6 Å². The van der Waals surface area contributed by atoms with Crippen LogP contribution in [0, 0.1) is 12.8 Å². The van der Waals surface area contributed by atoms with E-state index in [4.69, 9.17) is 56.8 Å².